The van der Waals surface area contributed by atoms with Crippen molar-refractivity contribution in [2.75, 3.05) is 4.90 Å². The van der Waals surface area contributed by atoms with Crippen LogP contribution in [0, 0.1) is 10.8 Å². The molecule has 1 spiro atoms. The second-order valence-electron chi connectivity index (χ2n) is 10.8. The summed E-state index contributed by atoms with van der Waals surface area (Å²) in [6, 6.07) is 14.8. The Bertz CT molecular complexity index is 1440. The molecule has 1 fully saturated rings. The molecule has 36 heavy (non-hydrogen) atoms. The Labute approximate surface area is 214 Å². The van der Waals surface area contributed by atoms with Crippen LogP contribution in [0.3, 0.4) is 0 Å². The lowest BCUT2D eigenvalue weighted by Gasteiger charge is -2.38. The van der Waals surface area contributed by atoms with Crippen molar-refractivity contribution in [1.29, 1.82) is 0 Å². The first-order chi connectivity index (χ1) is 17.2. The van der Waals surface area contributed by atoms with E-state index in [-0.39, 0.29) is 17.3 Å². The lowest BCUT2D eigenvalue weighted by Crippen LogP contribution is -2.49. The van der Waals surface area contributed by atoms with Gasteiger partial charge >= 0.3 is 0 Å². The zero-order valence-corrected chi connectivity index (χ0v) is 21.0. The number of aromatic nitrogens is 1. The van der Waals surface area contributed by atoms with Crippen LogP contribution >= 0.6 is 11.6 Å². The summed E-state index contributed by atoms with van der Waals surface area (Å²) in [5, 5.41) is 0.577. The number of anilines is 1. The Morgan fingerprint density at radius 2 is 1.69 bits per heavy atom. The molecule has 6 heteroatoms. The van der Waals surface area contributed by atoms with E-state index >= 15 is 0 Å². The van der Waals surface area contributed by atoms with Gasteiger partial charge in [-0.2, -0.15) is 0 Å². The number of ketones is 3. The summed E-state index contributed by atoms with van der Waals surface area (Å²) in [6.45, 7) is 5.64. The number of carbonyl (C=O) groups excluding carboxylic acids is 3. The van der Waals surface area contributed by atoms with E-state index < -0.39 is 28.8 Å². The van der Waals surface area contributed by atoms with Gasteiger partial charge in [0.2, 0.25) is 0 Å². The summed E-state index contributed by atoms with van der Waals surface area (Å²) in [4.78, 5) is 49.4. The fourth-order valence-electron chi connectivity index (χ4n) is 6.32. The number of pyridine rings is 1. The summed E-state index contributed by atoms with van der Waals surface area (Å²) in [6.07, 6.45) is 7.16. The largest absolute Gasteiger partial charge is 0.352 e. The first kappa shape index (κ1) is 22.9. The Balaban J connectivity index is 1.70. The number of hydrogen-bond acceptors (Lipinski definition) is 5. The predicted octanol–water partition coefficient (Wildman–Crippen LogP) is 5.78. The molecule has 3 aromatic rings. The standard InChI is InChI=1S/C30H25ClN2O3/c1-29(2,3)28(36)25-24(18-7-6-14-32-16-18)30(26(34)20-8-4-5-9-21(20)27(30)35)23-13-10-17-15-19(31)11-12-22(17)33(23)25/h4-16,23-25H,1-3H3/t23-,24-,25-/m0/s1. The van der Waals surface area contributed by atoms with Crippen LogP contribution in [0.4, 0.5) is 5.69 Å². The topological polar surface area (TPSA) is 67.3 Å². The van der Waals surface area contributed by atoms with Gasteiger partial charge < -0.3 is 4.90 Å². The molecule has 1 saturated heterocycles. The van der Waals surface area contributed by atoms with Crippen LogP contribution in [0.2, 0.25) is 5.02 Å². The normalized spacial score (nSPS) is 23.6. The maximum absolute atomic E-state index is 14.4. The maximum atomic E-state index is 14.4. The van der Waals surface area contributed by atoms with Crippen LogP contribution < -0.4 is 4.90 Å². The van der Waals surface area contributed by atoms with Gasteiger partial charge in [-0.05, 0) is 35.4 Å². The molecule has 3 heterocycles. The van der Waals surface area contributed by atoms with Crippen molar-refractivity contribution in [3.8, 4) is 0 Å². The molecule has 180 valence electrons. The second-order valence-corrected chi connectivity index (χ2v) is 11.2. The summed E-state index contributed by atoms with van der Waals surface area (Å²) < 4.78 is 0. The van der Waals surface area contributed by atoms with Gasteiger partial charge in [-0.3, -0.25) is 19.4 Å². The van der Waals surface area contributed by atoms with E-state index in [1.165, 1.54) is 0 Å². The molecular formula is C30H25ClN2O3. The number of carbonyl (C=O) groups is 3. The summed E-state index contributed by atoms with van der Waals surface area (Å²) in [5.74, 6) is -1.23. The highest BCUT2D eigenvalue weighted by atomic mass is 35.5. The summed E-state index contributed by atoms with van der Waals surface area (Å²) in [7, 11) is 0. The average molecular weight is 497 g/mol. The number of hydrogen-bond donors (Lipinski definition) is 0. The number of rotatable bonds is 2. The van der Waals surface area contributed by atoms with Crippen LogP contribution in [0.15, 0.2) is 73.1 Å². The highest BCUT2D eigenvalue weighted by molar-refractivity contribution is 6.32. The number of benzene rings is 2. The molecule has 0 radical (unpaired) electrons. The minimum absolute atomic E-state index is 0.0361. The Morgan fingerprint density at radius 3 is 2.31 bits per heavy atom. The Morgan fingerprint density at radius 1 is 1.00 bits per heavy atom. The van der Waals surface area contributed by atoms with Crippen LogP contribution in [-0.4, -0.2) is 34.4 Å². The molecule has 0 unspecified atom stereocenters. The molecule has 0 N–H and O–H groups in total. The lowest BCUT2D eigenvalue weighted by molar-refractivity contribution is -0.127. The number of halogens is 1. The molecule has 3 aliphatic rings. The first-order valence-electron chi connectivity index (χ1n) is 12.1. The Kier molecular flexibility index (Phi) is 4.90. The molecule has 1 aromatic heterocycles. The van der Waals surface area contributed by atoms with Gasteiger partial charge in [0.1, 0.15) is 5.41 Å². The van der Waals surface area contributed by atoms with Crippen molar-refractivity contribution in [3.05, 3.63) is 100 Å². The smallest absolute Gasteiger partial charge is 0.180 e. The van der Waals surface area contributed by atoms with Crippen LogP contribution in [0.25, 0.3) is 6.08 Å². The van der Waals surface area contributed by atoms with E-state index in [2.05, 4.69) is 4.98 Å². The van der Waals surface area contributed by atoms with Crippen LogP contribution in [0.1, 0.15) is 58.5 Å². The zero-order valence-electron chi connectivity index (χ0n) is 20.2. The number of fused-ring (bicyclic) bond motifs is 5. The molecule has 3 atom stereocenters. The highest BCUT2D eigenvalue weighted by Gasteiger charge is 2.72. The molecule has 6 rings (SSSR count). The van der Waals surface area contributed by atoms with Gasteiger partial charge in [-0.15, -0.1) is 0 Å². The molecular weight excluding hydrogens is 472 g/mol. The van der Waals surface area contributed by atoms with E-state index in [1.54, 1.807) is 48.8 Å². The second kappa shape index (κ2) is 7.71. The maximum Gasteiger partial charge on any atom is 0.180 e. The number of nitrogens with zero attached hydrogens (tertiary/aromatic N) is 2. The zero-order chi connectivity index (χ0) is 25.4. The Hall–Kier alpha value is -3.57. The first-order valence-corrected chi connectivity index (χ1v) is 12.4. The fourth-order valence-corrected chi connectivity index (χ4v) is 6.51. The average Bonchev–Trinajstić information content (AvgIpc) is 3.29. The monoisotopic (exact) mass is 496 g/mol. The van der Waals surface area contributed by atoms with Crippen molar-refractivity contribution < 1.29 is 14.4 Å². The molecule has 1 aliphatic carbocycles. The molecule has 2 aromatic carbocycles. The van der Waals surface area contributed by atoms with Crippen molar-refractivity contribution in [3.63, 3.8) is 0 Å². The van der Waals surface area contributed by atoms with E-state index in [1.807, 2.05) is 56.0 Å². The van der Waals surface area contributed by atoms with Gasteiger partial charge in [0.05, 0.1) is 12.1 Å². The van der Waals surface area contributed by atoms with E-state index in [0.29, 0.717) is 21.7 Å². The molecule has 0 amide bonds. The van der Waals surface area contributed by atoms with Gasteiger partial charge in [-0.25, -0.2) is 0 Å². The lowest BCUT2D eigenvalue weighted by atomic mass is 9.63. The van der Waals surface area contributed by atoms with Gasteiger partial charge in [-0.1, -0.05) is 74.9 Å². The van der Waals surface area contributed by atoms with Gasteiger partial charge in [0.15, 0.2) is 17.3 Å². The summed E-state index contributed by atoms with van der Waals surface area (Å²) >= 11 is 6.31. The van der Waals surface area contributed by atoms with Gasteiger partial charge in [0, 0.05) is 45.6 Å². The SMILES string of the molecule is CC(C)(C)C(=O)[C@@H]1[C@H](c2cccnc2)C2(C(=O)c3ccccc3C2=O)[C@@H]2C=Cc3cc(Cl)ccc3N12. The van der Waals surface area contributed by atoms with Crippen molar-refractivity contribution >= 4 is 40.7 Å². The van der Waals surface area contributed by atoms with E-state index in [9.17, 15) is 14.4 Å². The van der Waals surface area contributed by atoms with Crippen LogP contribution in [-0.2, 0) is 4.79 Å². The third-order valence-corrected chi connectivity index (χ3v) is 8.05. The highest BCUT2D eigenvalue weighted by Crippen LogP contribution is 2.61. The quantitative estimate of drug-likeness (QED) is 0.420. The van der Waals surface area contributed by atoms with Crippen molar-refractivity contribution in [2.24, 2.45) is 10.8 Å². The third-order valence-electron chi connectivity index (χ3n) is 7.82. The van der Waals surface area contributed by atoms with Crippen molar-refractivity contribution in [2.45, 2.75) is 38.8 Å². The van der Waals surface area contributed by atoms with Crippen molar-refractivity contribution in [1.82, 2.24) is 4.98 Å². The molecule has 2 aliphatic heterocycles. The molecule has 5 nitrogen and oxygen atoms in total. The minimum Gasteiger partial charge on any atom is -0.352 e. The summed E-state index contributed by atoms with van der Waals surface area (Å²) in [5.41, 5.74) is 0.956. The molecule has 0 saturated carbocycles. The molecule has 0 bridgehead atoms. The van der Waals surface area contributed by atoms with Gasteiger partial charge in [0.25, 0.3) is 0 Å². The minimum atomic E-state index is -1.49. The van der Waals surface area contributed by atoms with Crippen LogP contribution in [0.5, 0.6) is 0 Å². The van der Waals surface area contributed by atoms with E-state index in [0.717, 1.165) is 11.3 Å². The van der Waals surface area contributed by atoms with E-state index in [4.69, 9.17) is 11.6 Å². The third kappa shape index (κ3) is 2.89. The number of Topliss-reactive ketones (excluding diaryl/α,β-unsaturated/α-hetero) is 3. The predicted molar refractivity (Wildman–Crippen MR) is 140 cm³/mol. The fraction of sp³-hybridized carbons (Fsp3) is 0.267.